The van der Waals surface area contributed by atoms with Gasteiger partial charge in [0.1, 0.15) is 5.75 Å². The van der Waals surface area contributed by atoms with Gasteiger partial charge in [0.05, 0.1) is 16.6 Å². The van der Waals surface area contributed by atoms with Gasteiger partial charge < -0.3 is 9.84 Å². The third-order valence-electron chi connectivity index (χ3n) is 1.64. The zero-order valence-electron chi connectivity index (χ0n) is 7.36. The number of benzene rings is 1. The molecule has 1 aromatic rings. The van der Waals surface area contributed by atoms with E-state index in [1.165, 1.54) is 13.2 Å². The number of halogens is 1. The number of non-ortho nitro benzene ring substituents is 1. The number of hydrogen-bond acceptors (Lipinski definition) is 4. The van der Waals surface area contributed by atoms with E-state index in [9.17, 15) is 15.2 Å². The number of nitro groups is 1. The molecule has 0 unspecified atom stereocenters. The van der Waals surface area contributed by atoms with Gasteiger partial charge in [-0.25, -0.2) is 0 Å². The van der Waals surface area contributed by atoms with Crippen molar-refractivity contribution in [3.8, 4) is 5.75 Å². The van der Waals surface area contributed by atoms with Gasteiger partial charge in [0.2, 0.25) is 0 Å². The smallest absolute Gasteiger partial charge is 0.271 e. The molecule has 0 bridgehead atoms. The molecule has 76 valence electrons. The van der Waals surface area contributed by atoms with Crippen LogP contribution in [0.1, 0.15) is 5.56 Å². The molecule has 1 N–H and O–H groups in total. The van der Waals surface area contributed by atoms with Crippen molar-refractivity contribution < 1.29 is 14.8 Å². The van der Waals surface area contributed by atoms with E-state index in [-0.39, 0.29) is 23.1 Å². The molecule has 0 saturated carbocycles. The second-order valence-corrected chi connectivity index (χ2v) is 3.03. The molecule has 5 nitrogen and oxygen atoms in total. The number of aromatic hydroxyl groups is 1. The number of methoxy groups -OCH3 is 1. The molecule has 0 aliphatic carbocycles. The van der Waals surface area contributed by atoms with Gasteiger partial charge >= 0.3 is 0 Å². The lowest BCUT2D eigenvalue weighted by atomic mass is 10.2. The lowest BCUT2D eigenvalue weighted by Gasteiger charge is -2.04. The van der Waals surface area contributed by atoms with Gasteiger partial charge in [-0.2, -0.15) is 0 Å². The van der Waals surface area contributed by atoms with E-state index in [0.29, 0.717) is 5.56 Å². The molecule has 14 heavy (non-hydrogen) atoms. The van der Waals surface area contributed by atoms with Gasteiger partial charge in [0.25, 0.3) is 5.69 Å². The van der Waals surface area contributed by atoms with E-state index in [1.54, 1.807) is 0 Å². The van der Waals surface area contributed by atoms with Crippen LogP contribution in [0.15, 0.2) is 12.1 Å². The van der Waals surface area contributed by atoms with Crippen molar-refractivity contribution in [3.63, 3.8) is 0 Å². The first-order valence-electron chi connectivity index (χ1n) is 3.71. The predicted molar refractivity (Wildman–Crippen MR) is 50.5 cm³/mol. The van der Waals surface area contributed by atoms with E-state index in [0.717, 1.165) is 6.07 Å². The fourth-order valence-corrected chi connectivity index (χ4v) is 1.24. The zero-order valence-corrected chi connectivity index (χ0v) is 8.11. The maximum absolute atomic E-state index is 10.4. The number of ether oxygens (including phenoxy) is 1. The topological polar surface area (TPSA) is 72.6 Å². The number of phenolic OH excluding ortho intramolecular Hbond substituents is 1. The summed E-state index contributed by atoms with van der Waals surface area (Å²) in [6.07, 6.45) is 0. The van der Waals surface area contributed by atoms with E-state index >= 15 is 0 Å². The van der Waals surface area contributed by atoms with Crippen molar-refractivity contribution in [2.75, 3.05) is 7.11 Å². The summed E-state index contributed by atoms with van der Waals surface area (Å²) in [5.41, 5.74) is 0.131. The number of phenols is 1. The fourth-order valence-electron chi connectivity index (χ4n) is 1.01. The molecule has 0 saturated heterocycles. The van der Waals surface area contributed by atoms with Gasteiger partial charge in [-0.15, -0.1) is 0 Å². The van der Waals surface area contributed by atoms with Crippen LogP contribution in [0.2, 0.25) is 5.02 Å². The first-order valence-corrected chi connectivity index (χ1v) is 4.08. The largest absolute Gasteiger partial charge is 0.506 e. The molecule has 0 atom stereocenters. The van der Waals surface area contributed by atoms with Crippen LogP contribution in [-0.2, 0) is 11.3 Å². The summed E-state index contributed by atoms with van der Waals surface area (Å²) >= 11 is 5.59. The van der Waals surface area contributed by atoms with Gasteiger partial charge in [0, 0.05) is 24.8 Å². The van der Waals surface area contributed by atoms with Crippen LogP contribution in [0.3, 0.4) is 0 Å². The number of nitrogens with zero attached hydrogens (tertiary/aromatic N) is 1. The van der Waals surface area contributed by atoms with Gasteiger partial charge in [-0.05, 0) is 0 Å². The normalized spacial score (nSPS) is 10.1. The molecular formula is C8H8ClNO4. The Kier molecular flexibility index (Phi) is 3.27. The minimum atomic E-state index is -0.579. The second-order valence-electron chi connectivity index (χ2n) is 2.63. The highest BCUT2D eigenvalue weighted by Crippen LogP contribution is 2.32. The van der Waals surface area contributed by atoms with Crippen LogP contribution in [0.5, 0.6) is 5.75 Å². The summed E-state index contributed by atoms with van der Waals surface area (Å²) in [6, 6.07) is 2.32. The summed E-state index contributed by atoms with van der Waals surface area (Å²) in [4.78, 5) is 9.87. The standard InChI is InChI=1S/C8H8ClNO4/c1-14-4-5-2-6(10(12)13)3-7(9)8(5)11/h2-3,11H,4H2,1H3. The maximum atomic E-state index is 10.4. The van der Waals surface area contributed by atoms with Gasteiger partial charge in [-0.1, -0.05) is 11.6 Å². The molecule has 0 spiro atoms. The van der Waals surface area contributed by atoms with Crippen LogP contribution < -0.4 is 0 Å². The minimum Gasteiger partial charge on any atom is -0.506 e. The first kappa shape index (κ1) is 10.7. The Hall–Kier alpha value is -1.33. The molecule has 1 aromatic carbocycles. The number of nitro benzene ring substituents is 1. The molecule has 1 rings (SSSR count). The highest BCUT2D eigenvalue weighted by Gasteiger charge is 2.14. The van der Waals surface area contributed by atoms with Crippen molar-refractivity contribution >= 4 is 17.3 Å². The summed E-state index contributed by atoms with van der Waals surface area (Å²) in [6.45, 7) is 0.0766. The van der Waals surface area contributed by atoms with E-state index in [1.807, 2.05) is 0 Å². The maximum Gasteiger partial charge on any atom is 0.271 e. The Balaban J connectivity index is 3.20. The fraction of sp³-hybridized carbons (Fsp3) is 0.250. The van der Waals surface area contributed by atoms with E-state index in [2.05, 4.69) is 0 Å². The van der Waals surface area contributed by atoms with Crippen molar-refractivity contribution in [1.29, 1.82) is 0 Å². The lowest BCUT2D eigenvalue weighted by Crippen LogP contribution is -1.93. The average Bonchev–Trinajstić information content (AvgIpc) is 2.12. The third kappa shape index (κ3) is 2.12. The van der Waals surface area contributed by atoms with Gasteiger partial charge in [0.15, 0.2) is 0 Å². The Morgan fingerprint density at radius 3 is 2.79 bits per heavy atom. The molecule has 0 heterocycles. The quantitative estimate of drug-likeness (QED) is 0.622. The predicted octanol–water partition coefficient (Wildman–Crippen LogP) is 2.10. The lowest BCUT2D eigenvalue weighted by molar-refractivity contribution is -0.385. The van der Waals surface area contributed by atoms with Crippen LogP contribution >= 0.6 is 11.6 Å². The molecule has 0 radical (unpaired) electrons. The molecule has 0 aliphatic heterocycles. The molecule has 0 aromatic heterocycles. The highest BCUT2D eigenvalue weighted by molar-refractivity contribution is 6.32. The van der Waals surface area contributed by atoms with Gasteiger partial charge in [-0.3, -0.25) is 10.1 Å². The summed E-state index contributed by atoms with van der Waals surface area (Å²) in [5, 5.41) is 19.8. The summed E-state index contributed by atoms with van der Waals surface area (Å²) < 4.78 is 4.76. The minimum absolute atomic E-state index is 0.0498. The molecular weight excluding hydrogens is 210 g/mol. The van der Waals surface area contributed by atoms with Crippen molar-refractivity contribution in [3.05, 3.63) is 32.8 Å². The monoisotopic (exact) mass is 217 g/mol. The summed E-state index contributed by atoms with van der Waals surface area (Å²) in [7, 11) is 1.42. The zero-order chi connectivity index (χ0) is 10.7. The molecule has 0 aliphatic rings. The Morgan fingerprint density at radius 1 is 1.64 bits per heavy atom. The average molecular weight is 218 g/mol. The Labute approximate surface area is 85.0 Å². The van der Waals surface area contributed by atoms with Crippen LogP contribution in [-0.4, -0.2) is 17.1 Å². The van der Waals surface area contributed by atoms with Crippen LogP contribution in [0.4, 0.5) is 5.69 Å². The Bertz CT molecular complexity index is 367. The first-order chi connectivity index (χ1) is 6.56. The Morgan fingerprint density at radius 2 is 2.29 bits per heavy atom. The van der Waals surface area contributed by atoms with E-state index in [4.69, 9.17) is 16.3 Å². The van der Waals surface area contributed by atoms with E-state index < -0.39 is 4.92 Å². The van der Waals surface area contributed by atoms with Crippen molar-refractivity contribution in [1.82, 2.24) is 0 Å². The molecule has 6 heteroatoms. The molecule has 0 fully saturated rings. The van der Waals surface area contributed by atoms with Crippen LogP contribution in [0, 0.1) is 10.1 Å². The number of rotatable bonds is 3. The highest BCUT2D eigenvalue weighted by atomic mass is 35.5. The molecule has 0 amide bonds. The van der Waals surface area contributed by atoms with Crippen molar-refractivity contribution in [2.24, 2.45) is 0 Å². The van der Waals surface area contributed by atoms with Crippen molar-refractivity contribution in [2.45, 2.75) is 6.61 Å². The summed E-state index contributed by atoms with van der Waals surface area (Å²) in [5.74, 6) is -0.181. The number of hydrogen-bond donors (Lipinski definition) is 1. The second kappa shape index (κ2) is 4.26. The van der Waals surface area contributed by atoms with Crippen LogP contribution in [0.25, 0.3) is 0 Å². The third-order valence-corrected chi connectivity index (χ3v) is 1.93. The SMILES string of the molecule is COCc1cc([N+](=O)[O-])cc(Cl)c1O.